The van der Waals surface area contributed by atoms with E-state index in [0.29, 0.717) is 5.92 Å². The van der Waals surface area contributed by atoms with Crippen LogP contribution in [0.15, 0.2) is 0 Å². The summed E-state index contributed by atoms with van der Waals surface area (Å²) in [7, 11) is 0. The molecule has 4 nitrogen and oxygen atoms in total. The van der Waals surface area contributed by atoms with Gasteiger partial charge in [-0.25, -0.2) is 0 Å². The fourth-order valence-corrected chi connectivity index (χ4v) is 2.85. The molecule has 0 aromatic carbocycles. The zero-order valence-electron chi connectivity index (χ0n) is 13.8. The maximum Gasteiger partial charge on any atom is 0.237 e. The fraction of sp³-hybridized carbons (Fsp3) is 0.933. The smallest absolute Gasteiger partial charge is 0.237 e. The molecule has 0 radical (unpaired) electrons. The summed E-state index contributed by atoms with van der Waals surface area (Å²) in [6, 6.07) is -0.196. The quantitative estimate of drug-likeness (QED) is 0.779. The number of halogens is 2. The van der Waals surface area contributed by atoms with Crippen LogP contribution in [0.5, 0.6) is 0 Å². The van der Waals surface area contributed by atoms with Crippen molar-refractivity contribution >= 4 is 30.7 Å². The predicted molar refractivity (Wildman–Crippen MR) is 94.4 cm³/mol. The van der Waals surface area contributed by atoms with Gasteiger partial charge in [0.05, 0.1) is 6.04 Å². The number of likely N-dealkylation sites (tertiary alicyclic amines) is 1. The van der Waals surface area contributed by atoms with E-state index in [1.807, 2.05) is 0 Å². The van der Waals surface area contributed by atoms with E-state index in [1.165, 1.54) is 12.8 Å². The minimum absolute atomic E-state index is 0. The van der Waals surface area contributed by atoms with Crippen molar-refractivity contribution in [3.63, 3.8) is 0 Å². The van der Waals surface area contributed by atoms with Crippen LogP contribution in [0.3, 0.4) is 0 Å². The van der Waals surface area contributed by atoms with Crippen molar-refractivity contribution < 1.29 is 4.79 Å². The molecular weight excluding hydrogens is 309 g/mol. The second-order valence-corrected chi connectivity index (χ2v) is 6.65. The summed E-state index contributed by atoms with van der Waals surface area (Å²) in [5.41, 5.74) is 5.90. The van der Waals surface area contributed by atoms with Gasteiger partial charge in [0.15, 0.2) is 0 Å². The van der Waals surface area contributed by atoms with Gasteiger partial charge in [-0.15, -0.1) is 24.8 Å². The molecule has 0 bridgehead atoms. The minimum atomic E-state index is -0.372. The molecule has 0 spiro atoms. The third-order valence-electron chi connectivity index (χ3n) is 3.72. The average molecular weight is 342 g/mol. The lowest BCUT2D eigenvalue weighted by Crippen LogP contribution is -2.49. The molecule has 1 aliphatic rings. The Bertz CT molecular complexity index is 290. The molecule has 3 N–H and O–H groups in total. The molecule has 1 fully saturated rings. The van der Waals surface area contributed by atoms with Gasteiger partial charge < -0.3 is 16.0 Å². The molecule has 0 aromatic heterocycles. The molecule has 6 heteroatoms. The van der Waals surface area contributed by atoms with Crippen molar-refractivity contribution in [3.05, 3.63) is 0 Å². The number of amides is 1. The van der Waals surface area contributed by atoms with Crippen LogP contribution in [0.4, 0.5) is 0 Å². The molecule has 2 unspecified atom stereocenters. The second kappa shape index (κ2) is 11.5. The van der Waals surface area contributed by atoms with Crippen molar-refractivity contribution in [2.45, 2.75) is 59.0 Å². The topological polar surface area (TPSA) is 58.4 Å². The van der Waals surface area contributed by atoms with Gasteiger partial charge in [-0.05, 0) is 44.6 Å². The molecule has 128 valence electrons. The largest absolute Gasteiger partial charge is 0.351 e. The molecule has 1 amide bonds. The van der Waals surface area contributed by atoms with Crippen LogP contribution in [-0.4, -0.2) is 42.5 Å². The first-order valence-electron chi connectivity index (χ1n) is 7.66. The van der Waals surface area contributed by atoms with Crippen LogP contribution < -0.4 is 11.1 Å². The first-order valence-corrected chi connectivity index (χ1v) is 7.66. The molecule has 1 rings (SSSR count). The molecule has 0 aromatic rings. The van der Waals surface area contributed by atoms with Gasteiger partial charge in [-0.1, -0.05) is 20.8 Å². The van der Waals surface area contributed by atoms with Gasteiger partial charge in [0, 0.05) is 19.1 Å². The number of hydrogen-bond acceptors (Lipinski definition) is 3. The Labute approximate surface area is 142 Å². The second-order valence-electron chi connectivity index (χ2n) is 6.65. The van der Waals surface area contributed by atoms with E-state index >= 15 is 0 Å². The molecule has 0 saturated carbocycles. The predicted octanol–water partition coefficient (Wildman–Crippen LogP) is 2.44. The number of nitrogens with zero attached hydrogens (tertiary/aromatic N) is 1. The van der Waals surface area contributed by atoms with E-state index < -0.39 is 0 Å². The Morgan fingerprint density at radius 2 is 1.95 bits per heavy atom. The third-order valence-corrected chi connectivity index (χ3v) is 3.72. The number of carbonyl (C=O) groups is 1. The monoisotopic (exact) mass is 341 g/mol. The van der Waals surface area contributed by atoms with Gasteiger partial charge >= 0.3 is 0 Å². The summed E-state index contributed by atoms with van der Waals surface area (Å²) < 4.78 is 0. The van der Waals surface area contributed by atoms with Crippen LogP contribution in [-0.2, 0) is 4.79 Å². The Morgan fingerprint density at radius 3 is 2.48 bits per heavy atom. The summed E-state index contributed by atoms with van der Waals surface area (Å²) >= 11 is 0. The first-order chi connectivity index (χ1) is 8.88. The molecule has 21 heavy (non-hydrogen) atoms. The normalized spacial score (nSPS) is 21.9. The van der Waals surface area contributed by atoms with Gasteiger partial charge in [0.2, 0.25) is 5.91 Å². The lowest BCUT2D eigenvalue weighted by atomic mass is 10.00. The minimum Gasteiger partial charge on any atom is -0.351 e. The summed E-state index contributed by atoms with van der Waals surface area (Å²) in [6.45, 7) is 11.8. The lowest BCUT2D eigenvalue weighted by Gasteiger charge is -2.33. The molecule has 1 aliphatic heterocycles. The van der Waals surface area contributed by atoms with Crippen molar-refractivity contribution in [2.24, 2.45) is 17.6 Å². The van der Waals surface area contributed by atoms with Crippen molar-refractivity contribution in [2.75, 3.05) is 19.6 Å². The highest BCUT2D eigenvalue weighted by atomic mass is 35.5. The van der Waals surface area contributed by atoms with E-state index in [4.69, 9.17) is 5.73 Å². The van der Waals surface area contributed by atoms with Gasteiger partial charge in [-0.3, -0.25) is 4.79 Å². The number of nitrogens with two attached hydrogens (primary N) is 1. The fourth-order valence-electron chi connectivity index (χ4n) is 2.85. The average Bonchev–Trinajstić information content (AvgIpc) is 2.27. The van der Waals surface area contributed by atoms with Crippen LogP contribution >= 0.6 is 24.8 Å². The standard InChI is InChI=1S/C15H31N3O.2ClH/c1-11(2)8-14(16)15(19)17-13(4)10-18-7-5-6-12(3)9-18;;/h11-14H,5-10,16H2,1-4H3,(H,17,19);2*1H/t12?,13?,14-;;/m0../s1. The van der Waals surface area contributed by atoms with E-state index in [2.05, 4.69) is 37.9 Å². The number of piperidine rings is 1. The van der Waals surface area contributed by atoms with Gasteiger partial charge in [0.1, 0.15) is 0 Å². The number of hydrogen-bond donors (Lipinski definition) is 2. The van der Waals surface area contributed by atoms with E-state index in [-0.39, 0.29) is 42.8 Å². The van der Waals surface area contributed by atoms with E-state index in [0.717, 1.165) is 32.0 Å². The van der Waals surface area contributed by atoms with Crippen LogP contribution in [0.2, 0.25) is 0 Å². The number of rotatable bonds is 6. The molecule has 1 saturated heterocycles. The summed E-state index contributed by atoms with van der Waals surface area (Å²) in [4.78, 5) is 14.4. The third kappa shape index (κ3) is 9.56. The summed E-state index contributed by atoms with van der Waals surface area (Å²) in [5, 5.41) is 3.04. The van der Waals surface area contributed by atoms with E-state index in [9.17, 15) is 4.79 Å². The number of nitrogens with one attached hydrogen (secondary N) is 1. The highest BCUT2D eigenvalue weighted by Gasteiger charge is 2.21. The molecular formula is C15H33Cl2N3O. The summed E-state index contributed by atoms with van der Waals surface area (Å²) in [5.74, 6) is 1.23. The molecule has 3 atom stereocenters. The molecule has 0 aliphatic carbocycles. The molecule has 1 heterocycles. The maximum absolute atomic E-state index is 11.9. The van der Waals surface area contributed by atoms with Crippen LogP contribution in [0, 0.1) is 11.8 Å². The Kier molecular flexibility index (Phi) is 12.8. The maximum atomic E-state index is 11.9. The van der Waals surface area contributed by atoms with E-state index in [1.54, 1.807) is 0 Å². The Hall–Kier alpha value is -0.0300. The lowest BCUT2D eigenvalue weighted by molar-refractivity contribution is -0.123. The van der Waals surface area contributed by atoms with Gasteiger partial charge in [-0.2, -0.15) is 0 Å². The van der Waals surface area contributed by atoms with Crippen molar-refractivity contribution in [1.29, 1.82) is 0 Å². The van der Waals surface area contributed by atoms with Crippen molar-refractivity contribution in [3.8, 4) is 0 Å². The Morgan fingerprint density at radius 1 is 1.33 bits per heavy atom. The Balaban J connectivity index is 0. The van der Waals surface area contributed by atoms with Gasteiger partial charge in [0.25, 0.3) is 0 Å². The van der Waals surface area contributed by atoms with Crippen LogP contribution in [0.25, 0.3) is 0 Å². The van der Waals surface area contributed by atoms with Crippen molar-refractivity contribution in [1.82, 2.24) is 10.2 Å². The number of carbonyl (C=O) groups excluding carboxylic acids is 1. The SMILES string of the molecule is CC(C)C[C@H](N)C(=O)NC(C)CN1CCCC(C)C1.Cl.Cl. The highest BCUT2D eigenvalue weighted by Crippen LogP contribution is 2.15. The first kappa shape index (κ1) is 23.2. The zero-order valence-corrected chi connectivity index (χ0v) is 15.4. The highest BCUT2D eigenvalue weighted by molar-refractivity contribution is 5.85. The summed E-state index contributed by atoms with van der Waals surface area (Å²) in [6.07, 6.45) is 3.35. The van der Waals surface area contributed by atoms with Crippen LogP contribution in [0.1, 0.15) is 47.0 Å². The zero-order chi connectivity index (χ0) is 14.4.